The Morgan fingerprint density at radius 3 is 2.38 bits per heavy atom. The first-order valence-corrected chi connectivity index (χ1v) is 7.76. The van der Waals surface area contributed by atoms with Crippen LogP contribution in [-0.4, -0.2) is 24.5 Å². The van der Waals surface area contributed by atoms with Crippen LogP contribution < -0.4 is 5.73 Å². The van der Waals surface area contributed by atoms with E-state index in [0.29, 0.717) is 6.54 Å². The van der Waals surface area contributed by atoms with E-state index < -0.39 is 0 Å². The number of benzene rings is 2. The molecule has 0 aromatic heterocycles. The zero-order valence-corrected chi connectivity index (χ0v) is 12.8. The molecule has 2 heteroatoms. The Morgan fingerprint density at radius 2 is 1.67 bits per heavy atom. The summed E-state index contributed by atoms with van der Waals surface area (Å²) in [4.78, 5) is 2.54. The molecule has 1 atom stereocenters. The third kappa shape index (κ3) is 3.02. The van der Waals surface area contributed by atoms with Crippen molar-refractivity contribution in [2.45, 2.75) is 25.3 Å². The van der Waals surface area contributed by atoms with Crippen molar-refractivity contribution in [1.82, 2.24) is 4.90 Å². The van der Waals surface area contributed by atoms with Gasteiger partial charge in [-0.25, -0.2) is 0 Å². The molecule has 1 aliphatic rings. The first-order chi connectivity index (χ1) is 10.2. The maximum absolute atomic E-state index is 6.12. The van der Waals surface area contributed by atoms with E-state index in [1.807, 2.05) is 0 Å². The summed E-state index contributed by atoms with van der Waals surface area (Å²) in [5.74, 6) is 0. The molecule has 0 bridgehead atoms. The molecule has 0 saturated carbocycles. The summed E-state index contributed by atoms with van der Waals surface area (Å²) in [7, 11) is 0. The molecule has 2 aromatic rings. The molecule has 0 aliphatic carbocycles. The largest absolute Gasteiger partial charge is 0.330 e. The fraction of sp³-hybridized carbons (Fsp3) is 0.368. The lowest BCUT2D eigenvalue weighted by molar-refractivity contribution is 0.201. The lowest BCUT2D eigenvalue weighted by Crippen LogP contribution is -2.45. The molecular formula is C19H24N2. The Hall–Kier alpha value is -1.64. The van der Waals surface area contributed by atoms with Gasteiger partial charge in [-0.2, -0.15) is 0 Å². The zero-order chi connectivity index (χ0) is 14.7. The minimum absolute atomic E-state index is 0.0214. The van der Waals surface area contributed by atoms with Crippen LogP contribution in [0, 0.1) is 0 Å². The van der Waals surface area contributed by atoms with Crippen LogP contribution in [0.5, 0.6) is 0 Å². The first kappa shape index (κ1) is 14.3. The minimum Gasteiger partial charge on any atom is -0.330 e. The fourth-order valence-corrected chi connectivity index (χ4v) is 3.30. The molecule has 2 nitrogen and oxygen atoms in total. The predicted octanol–water partition coefficient (Wildman–Crippen LogP) is 2.96. The van der Waals surface area contributed by atoms with Gasteiger partial charge in [0.05, 0.1) is 0 Å². The molecule has 0 amide bonds. The topological polar surface area (TPSA) is 29.3 Å². The summed E-state index contributed by atoms with van der Waals surface area (Å²) in [6, 6.07) is 19.5. The van der Waals surface area contributed by atoms with Crippen molar-refractivity contribution in [1.29, 1.82) is 0 Å². The summed E-state index contributed by atoms with van der Waals surface area (Å²) in [6.45, 7) is 6.14. The van der Waals surface area contributed by atoms with E-state index in [1.165, 1.54) is 16.7 Å². The van der Waals surface area contributed by atoms with Gasteiger partial charge in [0, 0.05) is 31.6 Å². The van der Waals surface area contributed by atoms with Crippen LogP contribution in [0.1, 0.15) is 23.6 Å². The highest BCUT2D eigenvalue weighted by molar-refractivity contribution is 5.30. The highest BCUT2D eigenvalue weighted by Gasteiger charge is 2.29. The molecule has 1 heterocycles. The molecular weight excluding hydrogens is 256 g/mol. The van der Waals surface area contributed by atoms with Crippen LogP contribution >= 0.6 is 0 Å². The van der Waals surface area contributed by atoms with Crippen LogP contribution in [0.25, 0.3) is 0 Å². The van der Waals surface area contributed by atoms with E-state index in [0.717, 1.165) is 26.1 Å². The van der Waals surface area contributed by atoms with Gasteiger partial charge < -0.3 is 5.73 Å². The summed E-state index contributed by atoms with van der Waals surface area (Å²) >= 11 is 0. The van der Waals surface area contributed by atoms with E-state index in [-0.39, 0.29) is 5.41 Å². The molecule has 0 fully saturated rings. The minimum atomic E-state index is 0.0214. The quantitative estimate of drug-likeness (QED) is 0.933. The Kier molecular flexibility index (Phi) is 4.09. The third-order valence-corrected chi connectivity index (χ3v) is 4.70. The summed E-state index contributed by atoms with van der Waals surface area (Å²) in [6.07, 6.45) is 1.14. The average molecular weight is 280 g/mol. The number of rotatable bonds is 4. The Balaban J connectivity index is 1.77. The van der Waals surface area contributed by atoms with Crippen LogP contribution in [0.2, 0.25) is 0 Å². The highest BCUT2D eigenvalue weighted by Crippen LogP contribution is 2.27. The molecule has 0 spiro atoms. The van der Waals surface area contributed by atoms with Gasteiger partial charge in [-0.1, -0.05) is 61.5 Å². The molecule has 110 valence electrons. The Morgan fingerprint density at radius 1 is 1.00 bits per heavy atom. The standard InChI is InChI=1S/C19H24N2/c1-19(14-20,18-9-3-2-4-10-18)15-21-12-11-16-7-5-6-8-17(16)13-21/h2-10H,11-15,20H2,1H3. The highest BCUT2D eigenvalue weighted by atomic mass is 15.1. The van der Waals surface area contributed by atoms with Crippen molar-refractivity contribution in [3.8, 4) is 0 Å². The molecule has 0 radical (unpaired) electrons. The number of hydrogen-bond donors (Lipinski definition) is 1. The second-order valence-electron chi connectivity index (χ2n) is 6.36. The maximum atomic E-state index is 6.12. The van der Waals surface area contributed by atoms with Crippen molar-refractivity contribution in [3.63, 3.8) is 0 Å². The normalized spacial score (nSPS) is 18.0. The summed E-state index contributed by atoms with van der Waals surface area (Å²) in [5, 5.41) is 0. The van der Waals surface area contributed by atoms with Crippen LogP contribution in [0.4, 0.5) is 0 Å². The molecule has 2 N–H and O–H groups in total. The summed E-state index contributed by atoms with van der Waals surface area (Å²) < 4.78 is 0. The van der Waals surface area contributed by atoms with E-state index in [2.05, 4.69) is 66.4 Å². The number of nitrogens with two attached hydrogens (primary N) is 1. The number of fused-ring (bicyclic) bond motifs is 1. The lowest BCUT2D eigenvalue weighted by atomic mass is 9.81. The zero-order valence-electron chi connectivity index (χ0n) is 12.8. The molecule has 2 aromatic carbocycles. The average Bonchev–Trinajstić information content (AvgIpc) is 2.55. The van der Waals surface area contributed by atoms with Crippen LogP contribution in [0.3, 0.4) is 0 Å². The van der Waals surface area contributed by atoms with E-state index in [4.69, 9.17) is 5.73 Å². The van der Waals surface area contributed by atoms with E-state index in [1.54, 1.807) is 0 Å². The molecule has 1 aliphatic heterocycles. The molecule has 0 saturated heterocycles. The van der Waals surface area contributed by atoms with Gasteiger partial charge in [-0.15, -0.1) is 0 Å². The van der Waals surface area contributed by atoms with Gasteiger partial charge in [0.2, 0.25) is 0 Å². The second kappa shape index (κ2) is 6.00. The lowest BCUT2D eigenvalue weighted by Gasteiger charge is -2.37. The fourth-order valence-electron chi connectivity index (χ4n) is 3.30. The van der Waals surface area contributed by atoms with Crippen molar-refractivity contribution in [3.05, 3.63) is 71.3 Å². The van der Waals surface area contributed by atoms with Gasteiger partial charge in [-0.05, 0) is 23.1 Å². The van der Waals surface area contributed by atoms with E-state index in [9.17, 15) is 0 Å². The van der Waals surface area contributed by atoms with Crippen molar-refractivity contribution >= 4 is 0 Å². The van der Waals surface area contributed by atoms with Crippen LogP contribution in [0.15, 0.2) is 54.6 Å². The smallest absolute Gasteiger partial charge is 0.0236 e. The second-order valence-corrected chi connectivity index (χ2v) is 6.36. The SMILES string of the molecule is CC(CN)(CN1CCc2ccccc2C1)c1ccccc1. The summed E-state index contributed by atoms with van der Waals surface area (Å²) in [5.41, 5.74) is 10.5. The van der Waals surface area contributed by atoms with Crippen molar-refractivity contribution in [2.24, 2.45) is 5.73 Å². The first-order valence-electron chi connectivity index (χ1n) is 7.76. The Bertz CT molecular complexity index is 594. The van der Waals surface area contributed by atoms with Gasteiger partial charge in [-0.3, -0.25) is 4.90 Å². The predicted molar refractivity (Wildman–Crippen MR) is 88.3 cm³/mol. The van der Waals surface area contributed by atoms with Gasteiger partial charge >= 0.3 is 0 Å². The molecule has 21 heavy (non-hydrogen) atoms. The third-order valence-electron chi connectivity index (χ3n) is 4.70. The maximum Gasteiger partial charge on any atom is 0.0236 e. The molecule has 3 rings (SSSR count). The van der Waals surface area contributed by atoms with Gasteiger partial charge in [0.15, 0.2) is 0 Å². The molecule has 1 unspecified atom stereocenters. The van der Waals surface area contributed by atoms with Crippen molar-refractivity contribution < 1.29 is 0 Å². The number of hydrogen-bond acceptors (Lipinski definition) is 2. The van der Waals surface area contributed by atoms with Crippen molar-refractivity contribution in [2.75, 3.05) is 19.6 Å². The monoisotopic (exact) mass is 280 g/mol. The van der Waals surface area contributed by atoms with Gasteiger partial charge in [0.25, 0.3) is 0 Å². The van der Waals surface area contributed by atoms with E-state index >= 15 is 0 Å². The van der Waals surface area contributed by atoms with Crippen LogP contribution in [-0.2, 0) is 18.4 Å². The Labute approximate surface area is 127 Å². The number of nitrogens with zero attached hydrogens (tertiary/aromatic N) is 1. The van der Waals surface area contributed by atoms with Gasteiger partial charge in [0.1, 0.15) is 0 Å².